The average Bonchev–Trinajstić information content (AvgIpc) is 3.50. The first-order chi connectivity index (χ1) is 18.3. The van der Waals surface area contributed by atoms with Crippen LogP contribution in [0.4, 0.5) is 8.78 Å². The normalized spacial score (nSPS) is 29.8. The number of aliphatic carboxylic acids is 1. The summed E-state index contributed by atoms with van der Waals surface area (Å²) in [5, 5.41) is 24.5. The number of nitrogens with one attached hydrogen (secondary N) is 2. The zero-order valence-corrected chi connectivity index (χ0v) is 22.4. The van der Waals surface area contributed by atoms with E-state index in [1.807, 2.05) is 0 Å². The zero-order valence-electron chi connectivity index (χ0n) is 22.4. The van der Waals surface area contributed by atoms with Crippen molar-refractivity contribution in [2.24, 2.45) is 23.2 Å². The molecule has 212 valence electrons. The number of carboxylic acids is 1. The summed E-state index contributed by atoms with van der Waals surface area (Å²) < 4.78 is 38.2. The fraction of sp³-hybridized carbons (Fsp3) is 0.643. The Kier molecular flexibility index (Phi) is 8.05. The Balaban J connectivity index is 1.52. The molecule has 0 heterocycles. The van der Waals surface area contributed by atoms with Gasteiger partial charge < -0.3 is 25.2 Å². The number of fused-ring (bicyclic) bond motifs is 2. The van der Waals surface area contributed by atoms with Gasteiger partial charge in [-0.05, 0) is 69.8 Å². The quantitative estimate of drug-likeness (QED) is 0.426. The van der Waals surface area contributed by atoms with Crippen LogP contribution < -0.4 is 20.1 Å². The molecular formula is C28H35F2N3O6. The number of amides is 2. The van der Waals surface area contributed by atoms with E-state index in [4.69, 9.17) is 9.47 Å². The van der Waals surface area contributed by atoms with Gasteiger partial charge in [-0.25, -0.2) is 8.78 Å². The van der Waals surface area contributed by atoms with E-state index in [1.54, 1.807) is 6.92 Å². The van der Waals surface area contributed by atoms with Gasteiger partial charge >= 0.3 is 5.97 Å². The first-order valence-corrected chi connectivity index (χ1v) is 13.3. The lowest BCUT2D eigenvalue weighted by molar-refractivity contribution is -0.150. The minimum Gasteiger partial charge on any atom is -0.496 e. The number of ether oxygens (including phenoxy) is 2. The molecule has 2 bridgehead atoms. The highest BCUT2D eigenvalue weighted by molar-refractivity contribution is 5.98. The maximum Gasteiger partial charge on any atom is 0.309 e. The lowest BCUT2D eigenvalue weighted by atomic mass is 9.75. The highest BCUT2D eigenvalue weighted by atomic mass is 19.3. The SMILES string of the molecule is COc1cc(C#N)c(OC2CCC(C)(C(=O)O)CC2)cc1C(=O)N[C@@H]1[C@H]2CC[C@H](C2)[C@@H]1C(=O)NCC(C)(F)F. The van der Waals surface area contributed by atoms with Crippen molar-refractivity contribution in [3.63, 3.8) is 0 Å². The molecule has 3 fully saturated rings. The van der Waals surface area contributed by atoms with Gasteiger partial charge in [0.15, 0.2) is 0 Å². The van der Waals surface area contributed by atoms with Gasteiger partial charge in [0.05, 0.1) is 42.2 Å². The lowest BCUT2D eigenvalue weighted by Gasteiger charge is -2.34. The molecule has 1 aromatic carbocycles. The third kappa shape index (κ3) is 6.10. The summed E-state index contributed by atoms with van der Waals surface area (Å²) in [4.78, 5) is 37.9. The largest absolute Gasteiger partial charge is 0.496 e. The highest BCUT2D eigenvalue weighted by Crippen LogP contribution is 2.49. The molecule has 4 rings (SSSR count). The van der Waals surface area contributed by atoms with E-state index < -0.39 is 47.6 Å². The van der Waals surface area contributed by atoms with Crippen molar-refractivity contribution in [3.05, 3.63) is 23.3 Å². The van der Waals surface area contributed by atoms with Gasteiger partial charge in [0, 0.05) is 19.0 Å². The number of halogens is 2. The number of nitriles is 1. The molecular weight excluding hydrogens is 512 g/mol. The van der Waals surface area contributed by atoms with Gasteiger partial charge in [0.1, 0.15) is 17.6 Å². The Morgan fingerprint density at radius 2 is 1.82 bits per heavy atom. The summed E-state index contributed by atoms with van der Waals surface area (Å²) in [5.74, 6) is -5.08. The second-order valence-electron chi connectivity index (χ2n) is 11.5. The van der Waals surface area contributed by atoms with Crippen LogP contribution in [-0.2, 0) is 9.59 Å². The molecule has 9 nitrogen and oxygen atoms in total. The van der Waals surface area contributed by atoms with Gasteiger partial charge in [-0.2, -0.15) is 5.26 Å². The third-order valence-corrected chi connectivity index (χ3v) is 8.60. The van der Waals surface area contributed by atoms with Crippen molar-refractivity contribution < 1.29 is 37.7 Å². The van der Waals surface area contributed by atoms with Crippen LogP contribution in [-0.4, -0.2) is 54.6 Å². The number of hydrogen-bond donors (Lipinski definition) is 3. The van der Waals surface area contributed by atoms with Crippen LogP contribution >= 0.6 is 0 Å². The molecule has 0 unspecified atom stereocenters. The van der Waals surface area contributed by atoms with Crippen LogP contribution in [0.5, 0.6) is 11.5 Å². The summed E-state index contributed by atoms with van der Waals surface area (Å²) >= 11 is 0. The maximum atomic E-state index is 13.5. The number of rotatable bonds is 9. The molecule has 0 aromatic heterocycles. The second kappa shape index (κ2) is 11.0. The second-order valence-corrected chi connectivity index (χ2v) is 11.5. The van der Waals surface area contributed by atoms with E-state index in [-0.39, 0.29) is 40.6 Å². The van der Waals surface area contributed by atoms with E-state index in [2.05, 4.69) is 16.7 Å². The monoisotopic (exact) mass is 547 g/mol. The summed E-state index contributed by atoms with van der Waals surface area (Å²) in [6.45, 7) is 1.68. The summed E-state index contributed by atoms with van der Waals surface area (Å²) in [5.41, 5.74) is -0.522. The molecule has 3 saturated carbocycles. The van der Waals surface area contributed by atoms with E-state index in [9.17, 15) is 33.5 Å². The van der Waals surface area contributed by atoms with Gasteiger partial charge in [-0.3, -0.25) is 14.4 Å². The number of methoxy groups -OCH3 is 1. The molecule has 2 amide bonds. The van der Waals surface area contributed by atoms with Crippen molar-refractivity contribution in [1.29, 1.82) is 5.26 Å². The molecule has 3 N–H and O–H groups in total. The van der Waals surface area contributed by atoms with Crippen LogP contribution in [0.15, 0.2) is 12.1 Å². The Labute approximate surface area is 226 Å². The lowest BCUT2D eigenvalue weighted by Crippen LogP contribution is -2.51. The fourth-order valence-corrected chi connectivity index (χ4v) is 6.30. The number of carbonyl (C=O) groups excluding carboxylic acids is 2. The number of benzene rings is 1. The Morgan fingerprint density at radius 1 is 1.15 bits per heavy atom. The summed E-state index contributed by atoms with van der Waals surface area (Å²) in [7, 11) is 1.38. The fourth-order valence-electron chi connectivity index (χ4n) is 6.30. The standard InChI is InChI=1S/C28H35F2N3O6/c1-27(26(36)37)8-6-18(7-9-27)39-20-12-19(21(38-3)11-17(20)13-31)24(34)33-23-16-5-4-15(10-16)22(23)25(35)32-14-28(2,29)30/h11-12,15-16,18,22-23H,4-10,14H2,1-3H3,(H,32,35)(H,33,34)(H,36,37)/t15-,16+,18?,22+,23-,27?/m1/s1. The van der Waals surface area contributed by atoms with Crippen LogP contribution in [0.3, 0.4) is 0 Å². The van der Waals surface area contributed by atoms with Gasteiger partial charge in [0.25, 0.3) is 11.8 Å². The molecule has 11 heteroatoms. The van der Waals surface area contributed by atoms with E-state index in [1.165, 1.54) is 19.2 Å². The van der Waals surface area contributed by atoms with E-state index in [0.29, 0.717) is 25.7 Å². The van der Waals surface area contributed by atoms with Crippen LogP contribution in [0.2, 0.25) is 0 Å². The molecule has 3 aliphatic rings. The molecule has 3 aliphatic carbocycles. The number of carbonyl (C=O) groups is 3. The van der Waals surface area contributed by atoms with Crippen molar-refractivity contribution in [3.8, 4) is 17.6 Å². The molecule has 0 spiro atoms. The van der Waals surface area contributed by atoms with Crippen molar-refractivity contribution >= 4 is 17.8 Å². The van der Waals surface area contributed by atoms with E-state index in [0.717, 1.165) is 26.2 Å². The average molecular weight is 548 g/mol. The minimum atomic E-state index is -3.04. The van der Waals surface area contributed by atoms with Crippen molar-refractivity contribution in [2.45, 2.75) is 76.9 Å². The predicted molar refractivity (Wildman–Crippen MR) is 136 cm³/mol. The molecule has 0 radical (unpaired) electrons. The molecule has 0 saturated heterocycles. The smallest absolute Gasteiger partial charge is 0.309 e. The molecule has 4 atom stereocenters. The van der Waals surface area contributed by atoms with Gasteiger partial charge in [0.2, 0.25) is 5.91 Å². The minimum absolute atomic E-state index is 0.00956. The Morgan fingerprint density at radius 3 is 2.41 bits per heavy atom. The van der Waals surface area contributed by atoms with Gasteiger partial charge in [-0.1, -0.05) is 0 Å². The number of carboxylic acid groups (broad SMARTS) is 1. The third-order valence-electron chi connectivity index (χ3n) is 8.60. The highest BCUT2D eigenvalue weighted by Gasteiger charge is 2.51. The van der Waals surface area contributed by atoms with Gasteiger partial charge in [-0.15, -0.1) is 0 Å². The van der Waals surface area contributed by atoms with Crippen molar-refractivity contribution in [2.75, 3.05) is 13.7 Å². The molecule has 0 aliphatic heterocycles. The Bertz CT molecular complexity index is 1170. The topological polar surface area (TPSA) is 138 Å². The maximum absolute atomic E-state index is 13.5. The molecule has 39 heavy (non-hydrogen) atoms. The summed E-state index contributed by atoms with van der Waals surface area (Å²) in [6, 6.07) is 4.40. The first kappa shape index (κ1) is 28.6. The number of alkyl halides is 2. The van der Waals surface area contributed by atoms with Crippen LogP contribution in [0.1, 0.15) is 74.7 Å². The van der Waals surface area contributed by atoms with Crippen LogP contribution in [0.25, 0.3) is 0 Å². The molecule has 1 aromatic rings. The number of hydrogen-bond acceptors (Lipinski definition) is 6. The summed E-state index contributed by atoms with van der Waals surface area (Å²) in [6.07, 6.45) is 3.88. The van der Waals surface area contributed by atoms with E-state index >= 15 is 0 Å². The van der Waals surface area contributed by atoms with Crippen LogP contribution in [0, 0.1) is 34.5 Å². The zero-order chi connectivity index (χ0) is 28.5. The Hall–Kier alpha value is -3.42. The first-order valence-electron chi connectivity index (χ1n) is 13.3. The predicted octanol–water partition coefficient (Wildman–Crippen LogP) is 3.90. The van der Waals surface area contributed by atoms with Crippen molar-refractivity contribution in [1.82, 2.24) is 10.6 Å². The number of nitrogens with zero attached hydrogens (tertiary/aromatic N) is 1.